The van der Waals surface area contributed by atoms with Gasteiger partial charge in [0.15, 0.2) is 5.76 Å². The summed E-state index contributed by atoms with van der Waals surface area (Å²) in [7, 11) is 0. The Hall–Kier alpha value is -4.02. The van der Waals surface area contributed by atoms with Crippen LogP contribution in [-0.2, 0) is 22.7 Å². The van der Waals surface area contributed by atoms with Crippen LogP contribution in [0.1, 0.15) is 42.5 Å². The number of carbonyl (C=O) groups excluding carboxylic acids is 1. The summed E-state index contributed by atoms with van der Waals surface area (Å²) in [5.74, 6) is -1.84. The number of rotatable bonds is 8. The summed E-state index contributed by atoms with van der Waals surface area (Å²) in [6.45, 7) is 1.44. The molecule has 0 saturated heterocycles. The van der Waals surface area contributed by atoms with Gasteiger partial charge < -0.3 is 24.4 Å². The zero-order valence-electron chi connectivity index (χ0n) is 19.5. The first-order chi connectivity index (χ1) is 17.3. The number of nitrogens with zero attached hydrogens (tertiary/aromatic N) is 2. The van der Waals surface area contributed by atoms with Crippen molar-refractivity contribution in [3.63, 3.8) is 0 Å². The highest BCUT2D eigenvalue weighted by Gasteiger charge is 2.28. The lowest BCUT2D eigenvalue weighted by molar-refractivity contribution is -0.143. The van der Waals surface area contributed by atoms with Crippen LogP contribution in [0.5, 0.6) is 5.75 Å². The number of carboxylic acids is 1. The van der Waals surface area contributed by atoms with E-state index in [0.29, 0.717) is 41.3 Å². The minimum absolute atomic E-state index is 0.0274. The van der Waals surface area contributed by atoms with Gasteiger partial charge in [-0.05, 0) is 62.4 Å². The summed E-state index contributed by atoms with van der Waals surface area (Å²) in [6.07, 6.45) is 3.25. The Kier molecular flexibility index (Phi) is 7.77. The number of aryl methyl sites for hydroxylation is 1. The molecule has 0 aliphatic heterocycles. The summed E-state index contributed by atoms with van der Waals surface area (Å²) < 4.78 is 42.9. The molecular formula is C25H25F2N3O6. The molecule has 0 spiro atoms. The van der Waals surface area contributed by atoms with Crippen LogP contribution >= 0.6 is 0 Å². The molecule has 2 atom stereocenters. The molecule has 1 fully saturated rings. The van der Waals surface area contributed by atoms with Crippen molar-refractivity contribution in [1.82, 2.24) is 15.5 Å². The van der Waals surface area contributed by atoms with Gasteiger partial charge >= 0.3 is 12.1 Å². The van der Waals surface area contributed by atoms with Crippen molar-refractivity contribution in [2.45, 2.75) is 51.9 Å². The fourth-order valence-electron chi connectivity index (χ4n) is 4.11. The molecule has 1 aliphatic rings. The minimum Gasteiger partial charge on any atom is -0.489 e. The lowest BCUT2D eigenvalue weighted by atomic mass is 9.87. The number of benzene rings is 1. The number of aromatic nitrogens is 2. The second-order valence-corrected chi connectivity index (χ2v) is 8.60. The fraction of sp³-hybridized carbons (Fsp3) is 0.360. The van der Waals surface area contributed by atoms with Crippen molar-refractivity contribution in [3.05, 3.63) is 65.0 Å². The monoisotopic (exact) mass is 501 g/mol. The van der Waals surface area contributed by atoms with Gasteiger partial charge in [0.05, 0.1) is 30.5 Å². The van der Waals surface area contributed by atoms with Gasteiger partial charge in [-0.1, -0.05) is 5.16 Å². The molecular weight excluding hydrogens is 476 g/mol. The number of ether oxygens (including phenoxy) is 2. The predicted molar refractivity (Wildman–Crippen MR) is 122 cm³/mol. The third-order valence-corrected chi connectivity index (χ3v) is 5.93. The number of amides is 1. The van der Waals surface area contributed by atoms with E-state index in [0.717, 1.165) is 31.0 Å². The highest BCUT2D eigenvalue weighted by molar-refractivity contribution is 5.70. The number of alkyl carbamates (subject to hydrolysis) is 1. The summed E-state index contributed by atoms with van der Waals surface area (Å²) in [5.41, 5.74) is 1.78. The Balaban J connectivity index is 1.34. The maximum Gasteiger partial charge on any atom is 0.407 e. The van der Waals surface area contributed by atoms with Gasteiger partial charge in [0.2, 0.25) is 0 Å². The highest BCUT2D eigenvalue weighted by atomic mass is 19.1. The van der Waals surface area contributed by atoms with Gasteiger partial charge in [0.1, 0.15) is 29.7 Å². The maximum atomic E-state index is 13.3. The lowest BCUT2D eigenvalue weighted by Crippen LogP contribution is -2.29. The van der Waals surface area contributed by atoms with Crippen molar-refractivity contribution in [2.24, 2.45) is 5.92 Å². The predicted octanol–water partition coefficient (Wildman–Crippen LogP) is 4.77. The van der Waals surface area contributed by atoms with Crippen LogP contribution in [0.4, 0.5) is 13.6 Å². The van der Waals surface area contributed by atoms with E-state index in [9.17, 15) is 23.5 Å². The van der Waals surface area contributed by atoms with Gasteiger partial charge in [-0.15, -0.1) is 0 Å². The molecule has 0 bridgehead atoms. The Morgan fingerprint density at radius 1 is 1.19 bits per heavy atom. The number of pyridine rings is 1. The van der Waals surface area contributed by atoms with Gasteiger partial charge in [0, 0.05) is 11.6 Å². The summed E-state index contributed by atoms with van der Waals surface area (Å²) in [4.78, 5) is 27.7. The van der Waals surface area contributed by atoms with E-state index < -0.39 is 29.6 Å². The molecule has 1 aromatic carbocycles. The maximum absolute atomic E-state index is 13.3. The van der Waals surface area contributed by atoms with Gasteiger partial charge in [-0.25, -0.2) is 18.6 Å². The number of hydrogen-bond acceptors (Lipinski definition) is 7. The summed E-state index contributed by atoms with van der Waals surface area (Å²) in [6, 6.07) is 6.30. The quantitative estimate of drug-likeness (QED) is 0.452. The number of carboxylic acid groups (broad SMARTS) is 1. The van der Waals surface area contributed by atoms with Crippen LogP contribution in [0.25, 0.3) is 11.5 Å². The third kappa shape index (κ3) is 6.35. The number of nitrogens with one attached hydrogen (secondary N) is 1. The van der Waals surface area contributed by atoms with Crippen molar-refractivity contribution in [1.29, 1.82) is 0 Å². The molecule has 4 rings (SSSR count). The molecule has 2 aromatic heterocycles. The molecule has 1 amide bonds. The van der Waals surface area contributed by atoms with Gasteiger partial charge in [0.25, 0.3) is 0 Å². The number of carbonyl (C=O) groups is 2. The molecule has 36 heavy (non-hydrogen) atoms. The second kappa shape index (κ2) is 11.1. The number of hydrogen-bond donors (Lipinski definition) is 2. The summed E-state index contributed by atoms with van der Waals surface area (Å²) >= 11 is 0. The fourth-order valence-corrected chi connectivity index (χ4v) is 4.11. The smallest absolute Gasteiger partial charge is 0.407 e. The zero-order chi connectivity index (χ0) is 25.7. The first-order valence-corrected chi connectivity index (χ1v) is 11.4. The Bertz CT molecular complexity index is 1210. The largest absolute Gasteiger partial charge is 0.489 e. The normalized spacial score (nSPS) is 17.4. The van der Waals surface area contributed by atoms with E-state index in [1.54, 1.807) is 19.1 Å². The average molecular weight is 501 g/mol. The van der Waals surface area contributed by atoms with Crippen LogP contribution in [0.15, 0.2) is 41.1 Å². The molecule has 2 N–H and O–H groups in total. The van der Waals surface area contributed by atoms with E-state index in [-0.39, 0.29) is 24.8 Å². The average Bonchev–Trinajstić information content (AvgIpc) is 3.21. The van der Waals surface area contributed by atoms with E-state index in [4.69, 9.17) is 14.0 Å². The molecule has 2 unspecified atom stereocenters. The van der Waals surface area contributed by atoms with Crippen molar-refractivity contribution in [3.8, 4) is 17.2 Å². The second-order valence-electron chi connectivity index (χ2n) is 8.60. The van der Waals surface area contributed by atoms with Gasteiger partial charge in [-0.3, -0.25) is 4.79 Å². The van der Waals surface area contributed by atoms with E-state index in [1.165, 1.54) is 6.20 Å². The van der Waals surface area contributed by atoms with Crippen LogP contribution in [-0.4, -0.2) is 33.4 Å². The van der Waals surface area contributed by atoms with Crippen molar-refractivity contribution >= 4 is 12.1 Å². The van der Waals surface area contributed by atoms with Crippen LogP contribution < -0.4 is 10.1 Å². The SMILES string of the molecule is Cc1noc(-c2ccc(OC3CCCC(C(=O)O)C3)cn2)c1CNC(=O)OCc1cc(F)cc(F)c1. The first-order valence-electron chi connectivity index (χ1n) is 11.4. The highest BCUT2D eigenvalue weighted by Crippen LogP contribution is 2.30. The number of aliphatic carboxylic acids is 1. The van der Waals surface area contributed by atoms with Crippen molar-refractivity contribution in [2.75, 3.05) is 0 Å². The van der Waals surface area contributed by atoms with E-state index in [1.807, 2.05) is 0 Å². The molecule has 9 nitrogen and oxygen atoms in total. The molecule has 1 aliphatic carbocycles. The number of halogens is 2. The van der Waals surface area contributed by atoms with E-state index >= 15 is 0 Å². The Labute approximate surface area is 205 Å². The molecule has 1 saturated carbocycles. The molecule has 2 heterocycles. The van der Waals surface area contributed by atoms with Crippen LogP contribution in [0.2, 0.25) is 0 Å². The Morgan fingerprint density at radius 3 is 2.67 bits per heavy atom. The molecule has 0 radical (unpaired) electrons. The summed E-state index contributed by atoms with van der Waals surface area (Å²) in [5, 5.41) is 15.8. The van der Waals surface area contributed by atoms with Crippen LogP contribution in [0, 0.1) is 24.5 Å². The zero-order valence-corrected chi connectivity index (χ0v) is 19.5. The van der Waals surface area contributed by atoms with Crippen molar-refractivity contribution < 1.29 is 37.5 Å². The molecule has 190 valence electrons. The topological polar surface area (TPSA) is 124 Å². The molecule has 3 aromatic rings. The third-order valence-electron chi connectivity index (χ3n) is 5.93. The van der Waals surface area contributed by atoms with Gasteiger partial charge in [-0.2, -0.15) is 0 Å². The standard InChI is InChI=1S/C25H25F2N3O6/c1-14-21(12-29-25(33)34-13-15-7-17(26)10-18(27)8-15)23(36-30-14)22-6-5-20(11-28-22)35-19-4-2-3-16(9-19)24(31)32/h5-8,10-11,16,19H,2-4,9,12-13H2,1H3,(H,29,33)(H,31,32). The first kappa shape index (κ1) is 25.1. The minimum atomic E-state index is -0.801. The lowest BCUT2D eigenvalue weighted by Gasteiger charge is -2.27. The van der Waals surface area contributed by atoms with Crippen LogP contribution in [0.3, 0.4) is 0 Å². The Morgan fingerprint density at radius 2 is 1.97 bits per heavy atom. The van der Waals surface area contributed by atoms with E-state index in [2.05, 4.69) is 15.5 Å². The molecule has 11 heteroatoms.